The first-order valence-corrected chi connectivity index (χ1v) is 5.29. The third-order valence-electron chi connectivity index (χ3n) is 2.71. The highest BCUT2D eigenvalue weighted by Crippen LogP contribution is 2.29. The van der Waals surface area contributed by atoms with E-state index in [4.69, 9.17) is 5.11 Å². The van der Waals surface area contributed by atoms with E-state index in [1.165, 1.54) is 6.08 Å². The van der Waals surface area contributed by atoms with Crippen molar-refractivity contribution in [1.82, 2.24) is 0 Å². The molecule has 0 aromatic carbocycles. The van der Waals surface area contributed by atoms with Gasteiger partial charge in [0.15, 0.2) is 5.78 Å². The second kappa shape index (κ2) is 5.21. The van der Waals surface area contributed by atoms with E-state index in [0.717, 1.165) is 6.08 Å². The van der Waals surface area contributed by atoms with Gasteiger partial charge in [0.1, 0.15) is 0 Å². The number of ketones is 1. The number of allylic oxidation sites excluding steroid dienone is 3. The Morgan fingerprint density at radius 2 is 1.94 bits per heavy atom. The van der Waals surface area contributed by atoms with E-state index in [9.17, 15) is 18.4 Å². The highest BCUT2D eigenvalue weighted by molar-refractivity contribution is 6.02. The van der Waals surface area contributed by atoms with Gasteiger partial charge in [0.05, 0.1) is 5.92 Å². The number of halogens is 2. The van der Waals surface area contributed by atoms with Gasteiger partial charge < -0.3 is 5.11 Å². The van der Waals surface area contributed by atoms with E-state index in [1.807, 2.05) is 0 Å². The first-order chi connectivity index (χ1) is 7.84. The molecule has 3 nitrogen and oxygen atoms in total. The highest BCUT2D eigenvalue weighted by atomic mass is 19.3. The Morgan fingerprint density at radius 3 is 2.29 bits per heavy atom. The number of hydrogen-bond donors (Lipinski definition) is 1. The molecule has 94 valence electrons. The van der Waals surface area contributed by atoms with Crippen molar-refractivity contribution < 1.29 is 23.5 Å². The lowest BCUT2D eigenvalue weighted by molar-refractivity contribution is -0.142. The molecule has 1 unspecified atom stereocenters. The summed E-state index contributed by atoms with van der Waals surface area (Å²) in [5.74, 6) is -2.82. The first kappa shape index (κ1) is 13.5. The topological polar surface area (TPSA) is 54.4 Å². The highest BCUT2D eigenvalue weighted by Gasteiger charge is 2.32. The van der Waals surface area contributed by atoms with Crippen LogP contribution in [0.2, 0.25) is 0 Å². The van der Waals surface area contributed by atoms with E-state index in [-0.39, 0.29) is 23.5 Å². The Bertz CT molecular complexity index is 395. The minimum atomic E-state index is -2.67. The second-order valence-electron chi connectivity index (χ2n) is 4.32. The monoisotopic (exact) mass is 244 g/mol. The van der Waals surface area contributed by atoms with Crippen LogP contribution in [0.3, 0.4) is 0 Å². The lowest BCUT2D eigenvalue weighted by Gasteiger charge is -2.21. The summed E-state index contributed by atoms with van der Waals surface area (Å²) in [4.78, 5) is 22.7. The summed E-state index contributed by atoms with van der Waals surface area (Å²) in [6.07, 6.45) is -0.690. The van der Waals surface area contributed by atoms with E-state index in [0.29, 0.717) is 0 Å². The summed E-state index contributed by atoms with van der Waals surface area (Å²) in [7, 11) is 0. The SMILES string of the molecule is CC(C)C(C(=O)O)C1=CC=C(C(F)F)CC1=O. The number of rotatable bonds is 4. The quantitative estimate of drug-likeness (QED) is 0.826. The van der Waals surface area contributed by atoms with E-state index in [1.54, 1.807) is 13.8 Å². The van der Waals surface area contributed by atoms with Gasteiger partial charge in [-0.2, -0.15) is 0 Å². The van der Waals surface area contributed by atoms with Gasteiger partial charge in [0.2, 0.25) is 0 Å². The van der Waals surface area contributed by atoms with Crippen molar-refractivity contribution in [3.05, 3.63) is 23.3 Å². The average Bonchev–Trinajstić information content (AvgIpc) is 2.19. The van der Waals surface area contributed by atoms with E-state index >= 15 is 0 Å². The summed E-state index contributed by atoms with van der Waals surface area (Å²) >= 11 is 0. The molecule has 5 heteroatoms. The Kier molecular flexibility index (Phi) is 4.15. The van der Waals surface area contributed by atoms with Gasteiger partial charge in [-0.25, -0.2) is 8.78 Å². The summed E-state index contributed by atoms with van der Waals surface area (Å²) in [6, 6.07) is 0. The average molecular weight is 244 g/mol. The number of carbonyl (C=O) groups excluding carboxylic acids is 1. The van der Waals surface area contributed by atoms with Crippen LogP contribution in [0.4, 0.5) is 8.78 Å². The Morgan fingerprint density at radius 1 is 1.35 bits per heavy atom. The van der Waals surface area contributed by atoms with Crippen LogP contribution < -0.4 is 0 Å². The number of carboxylic acids is 1. The summed E-state index contributed by atoms with van der Waals surface area (Å²) < 4.78 is 24.7. The van der Waals surface area contributed by atoms with Gasteiger partial charge in [0.25, 0.3) is 6.43 Å². The molecule has 0 fully saturated rings. The summed E-state index contributed by atoms with van der Waals surface area (Å²) in [5, 5.41) is 9.03. The molecule has 0 radical (unpaired) electrons. The molecule has 1 rings (SSSR count). The predicted octanol–water partition coefficient (Wildman–Crippen LogP) is 2.43. The van der Waals surface area contributed by atoms with Crippen LogP contribution in [0.5, 0.6) is 0 Å². The van der Waals surface area contributed by atoms with Gasteiger partial charge >= 0.3 is 5.97 Å². The van der Waals surface area contributed by atoms with Gasteiger partial charge in [0, 0.05) is 17.6 Å². The standard InChI is InChI=1S/C12H14F2O3/c1-6(2)10(12(16)17)8-4-3-7(11(13)14)5-9(8)15/h3-4,6,10-11H,5H2,1-2H3,(H,16,17). The lowest BCUT2D eigenvalue weighted by atomic mass is 9.82. The van der Waals surface area contributed by atoms with Gasteiger partial charge in [-0.15, -0.1) is 0 Å². The van der Waals surface area contributed by atoms with Gasteiger partial charge in [-0.1, -0.05) is 26.0 Å². The van der Waals surface area contributed by atoms with Crippen molar-refractivity contribution in [1.29, 1.82) is 0 Å². The molecule has 0 bridgehead atoms. The third-order valence-corrected chi connectivity index (χ3v) is 2.71. The molecule has 1 N–H and O–H groups in total. The number of carbonyl (C=O) groups is 2. The maximum atomic E-state index is 12.4. The summed E-state index contributed by atoms with van der Waals surface area (Å²) in [6.45, 7) is 3.36. The molecular weight excluding hydrogens is 230 g/mol. The number of alkyl halides is 2. The molecular formula is C12H14F2O3. The maximum Gasteiger partial charge on any atom is 0.311 e. The van der Waals surface area contributed by atoms with E-state index in [2.05, 4.69) is 0 Å². The number of Topliss-reactive ketones (excluding diaryl/α,β-unsaturated/α-hetero) is 1. The fourth-order valence-electron chi connectivity index (χ4n) is 1.84. The Hall–Kier alpha value is -1.52. The fraction of sp³-hybridized carbons (Fsp3) is 0.500. The van der Waals surface area contributed by atoms with Crippen LogP contribution in [0.15, 0.2) is 23.3 Å². The molecule has 1 atom stereocenters. The molecule has 0 aliphatic heterocycles. The molecule has 0 spiro atoms. The van der Waals surface area contributed by atoms with Gasteiger partial charge in [-0.3, -0.25) is 9.59 Å². The number of hydrogen-bond acceptors (Lipinski definition) is 2. The summed E-state index contributed by atoms with van der Waals surface area (Å²) in [5.41, 5.74) is -0.149. The zero-order chi connectivity index (χ0) is 13.2. The predicted molar refractivity (Wildman–Crippen MR) is 57.8 cm³/mol. The minimum absolute atomic E-state index is 0.108. The molecule has 0 heterocycles. The molecule has 0 amide bonds. The maximum absolute atomic E-state index is 12.4. The molecule has 1 aliphatic rings. The smallest absolute Gasteiger partial charge is 0.311 e. The second-order valence-corrected chi connectivity index (χ2v) is 4.32. The molecule has 0 aromatic heterocycles. The van der Waals surface area contributed by atoms with Crippen LogP contribution >= 0.6 is 0 Å². The van der Waals surface area contributed by atoms with Crippen molar-refractivity contribution in [3.8, 4) is 0 Å². The van der Waals surface area contributed by atoms with E-state index < -0.39 is 24.1 Å². The van der Waals surface area contributed by atoms with Crippen molar-refractivity contribution in [3.63, 3.8) is 0 Å². The van der Waals surface area contributed by atoms with Crippen molar-refractivity contribution in [2.24, 2.45) is 11.8 Å². The molecule has 0 saturated carbocycles. The number of carboxylic acid groups (broad SMARTS) is 1. The Labute approximate surface area is 97.8 Å². The van der Waals surface area contributed by atoms with Crippen LogP contribution in [-0.2, 0) is 9.59 Å². The Balaban J connectivity index is 3.05. The van der Waals surface area contributed by atoms with Crippen LogP contribution in [0.1, 0.15) is 20.3 Å². The third kappa shape index (κ3) is 2.99. The van der Waals surface area contributed by atoms with Crippen molar-refractivity contribution in [2.75, 3.05) is 0 Å². The molecule has 0 saturated heterocycles. The normalized spacial score (nSPS) is 18.1. The zero-order valence-electron chi connectivity index (χ0n) is 9.61. The van der Waals surface area contributed by atoms with Crippen molar-refractivity contribution in [2.45, 2.75) is 26.7 Å². The fourth-order valence-corrected chi connectivity index (χ4v) is 1.84. The minimum Gasteiger partial charge on any atom is -0.481 e. The lowest BCUT2D eigenvalue weighted by Crippen LogP contribution is -2.28. The molecule has 17 heavy (non-hydrogen) atoms. The molecule has 0 aromatic rings. The number of aliphatic carboxylic acids is 1. The van der Waals surface area contributed by atoms with Crippen LogP contribution in [0, 0.1) is 11.8 Å². The van der Waals surface area contributed by atoms with Crippen LogP contribution in [-0.4, -0.2) is 23.3 Å². The van der Waals surface area contributed by atoms with Crippen LogP contribution in [0.25, 0.3) is 0 Å². The van der Waals surface area contributed by atoms with Gasteiger partial charge in [-0.05, 0) is 5.92 Å². The van der Waals surface area contributed by atoms with Crippen molar-refractivity contribution >= 4 is 11.8 Å². The first-order valence-electron chi connectivity index (χ1n) is 5.29. The zero-order valence-corrected chi connectivity index (χ0v) is 9.61. The molecule has 1 aliphatic carbocycles. The largest absolute Gasteiger partial charge is 0.481 e.